The first-order chi connectivity index (χ1) is 10.2. The first-order valence-corrected chi connectivity index (χ1v) is 7.23. The van der Waals surface area contributed by atoms with Crippen molar-refractivity contribution in [2.75, 3.05) is 0 Å². The Balaban J connectivity index is 2.09. The molecule has 1 aliphatic rings. The summed E-state index contributed by atoms with van der Waals surface area (Å²) in [5.41, 5.74) is 2.70. The van der Waals surface area contributed by atoms with Gasteiger partial charge in [0.2, 0.25) is 0 Å². The fraction of sp³-hybridized carbons (Fsp3) is 0.375. The summed E-state index contributed by atoms with van der Waals surface area (Å²) in [6.07, 6.45) is 8.30. The van der Waals surface area contributed by atoms with E-state index in [1.807, 2.05) is 0 Å². The van der Waals surface area contributed by atoms with Crippen LogP contribution in [0.25, 0.3) is 6.08 Å². The van der Waals surface area contributed by atoms with Gasteiger partial charge in [0.25, 0.3) is 11.8 Å². The highest BCUT2D eigenvalue weighted by molar-refractivity contribution is 5.99. The number of hydrogen-bond acceptors (Lipinski definition) is 3. The van der Waals surface area contributed by atoms with Crippen LogP contribution in [-0.2, 0) is 4.79 Å². The van der Waals surface area contributed by atoms with Crippen LogP contribution in [0.4, 0.5) is 0 Å². The maximum Gasteiger partial charge on any atom is 0.267 e. The van der Waals surface area contributed by atoms with Crippen LogP contribution in [0.5, 0.6) is 0 Å². The van der Waals surface area contributed by atoms with E-state index in [0.29, 0.717) is 11.1 Å². The average Bonchev–Trinajstić information content (AvgIpc) is 2.53. The minimum absolute atomic E-state index is 0.119. The number of rotatable bonds is 4. The zero-order chi connectivity index (χ0) is 15.1. The van der Waals surface area contributed by atoms with Crippen LogP contribution >= 0.6 is 0 Å². The normalized spacial score (nSPS) is 15.9. The van der Waals surface area contributed by atoms with Crippen LogP contribution in [-0.4, -0.2) is 23.1 Å². The van der Waals surface area contributed by atoms with Crippen molar-refractivity contribution in [1.82, 2.24) is 10.8 Å². The Morgan fingerprint density at radius 1 is 1.14 bits per heavy atom. The second kappa shape index (κ2) is 7.59. The molecule has 0 aromatic heterocycles. The van der Waals surface area contributed by atoms with Crippen molar-refractivity contribution in [1.29, 1.82) is 0 Å². The van der Waals surface area contributed by atoms with E-state index in [-0.39, 0.29) is 11.9 Å². The number of amides is 2. The van der Waals surface area contributed by atoms with E-state index in [1.54, 1.807) is 24.3 Å². The number of carbonyl (C=O) groups excluding carboxylic acids is 2. The van der Waals surface area contributed by atoms with E-state index < -0.39 is 5.91 Å². The standard InChI is InChI=1S/C16H20N2O3/c19-15(18-21)11-10-12-6-4-5-9-14(12)16(20)17-13-7-2-1-3-8-13/h4-6,9-11,13,21H,1-3,7-8H2,(H,17,20)(H,18,19). The van der Waals surface area contributed by atoms with Crippen molar-refractivity contribution in [2.24, 2.45) is 0 Å². The molecule has 0 saturated heterocycles. The largest absolute Gasteiger partial charge is 0.349 e. The zero-order valence-corrected chi connectivity index (χ0v) is 11.8. The summed E-state index contributed by atoms with van der Waals surface area (Å²) >= 11 is 0. The summed E-state index contributed by atoms with van der Waals surface area (Å²) in [6, 6.07) is 7.32. The van der Waals surface area contributed by atoms with E-state index in [1.165, 1.54) is 24.1 Å². The van der Waals surface area contributed by atoms with Crippen molar-refractivity contribution in [3.05, 3.63) is 41.5 Å². The van der Waals surface area contributed by atoms with Crippen LogP contribution in [0.2, 0.25) is 0 Å². The molecule has 0 atom stereocenters. The lowest BCUT2D eigenvalue weighted by Crippen LogP contribution is -2.36. The molecular formula is C16H20N2O3. The van der Waals surface area contributed by atoms with Crippen LogP contribution in [0.15, 0.2) is 30.3 Å². The van der Waals surface area contributed by atoms with Crippen molar-refractivity contribution in [3.8, 4) is 0 Å². The molecule has 5 heteroatoms. The molecule has 0 radical (unpaired) electrons. The summed E-state index contributed by atoms with van der Waals surface area (Å²) in [7, 11) is 0. The molecule has 0 aliphatic heterocycles. The van der Waals surface area contributed by atoms with Crippen molar-refractivity contribution < 1.29 is 14.8 Å². The maximum absolute atomic E-state index is 12.4. The van der Waals surface area contributed by atoms with Gasteiger partial charge < -0.3 is 5.32 Å². The van der Waals surface area contributed by atoms with Crippen molar-refractivity contribution in [2.45, 2.75) is 38.1 Å². The molecule has 2 amide bonds. The second-order valence-corrected chi connectivity index (χ2v) is 5.21. The quantitative estimate of drug-likeness (QED) is 0.452. The van der Waals surface area contributed by atoms with Gasteiger partial charge in [-0.3, -0.25) is 14.8 Å². The van der Waals surface area contributed by atoms with Gasteiger partial charge in [-0.15, -0.1) is 0 Å². The molecule has 0 bridgehead atoms. The molecule has 2 rings (SSSR count). The minimum Gasteiger partial charge on any atom is -0.349 e. The lowest BCUT2D eigenvalue weighted by atomic mass is 9.95. The molecule has 5 nitrogen and oxygen atoms in total. The number of benzene rings is 1. The van der Waals surface area contributed by atoms with Crippen molar-refractivity contribution in [3.63, 3.8) is 0 Å². The highest BCUT2D eigenvalue weighted by Gasteiger charge is 2.17. The van der Waals surface area contributed by atoms with Gasteiger partial charge in [-0.05, 0) is 30.5 Å². The SMILES string of the molecule is O=C(C=Cc1ccccc1C(=O)NC1CCCCC1)NO. The number of hydrogen-bond donors (Lipinski definition) is 3. The molecule has 21 heavy (non-hydrogen) atoms. The monoisotopic (exact) mass is 288 g/mol. The molecule has 1 aliphatic carbocycles. The third-order valence-electron chi connectivity index (χ3n) is 3.67. The summed E-state index contributed by atoms with van der Waals surface area (Å²) < 4.78 is 0. The van der Waals surface area contributed by atoms with Gasteiger partial charge in [0.05, 0.1) is 0 Å². The zero-order valence-electron chi connectivity index (χ0n) is 11.8. The molecule has 1 fully saturated rings. The molecule has 1 saturated carbocycles. The van der Waals surface area contributed by atoms with Gasteiger partial charge in [-0.25, -0.2) is 5.48 Å². The lowest BCUT2D eigenvalue weighted by molar-refractivity contribution is -0.124. The van der Waals surface area contributed by atoms with E-state index in [9.17, 15) is 9.59 Å². The van der Waals surface area contributed by atoms with E-state index in [4.69, 9.17) is 5.21 Å². The summed E-state index contributed by atoms with van der Waals surface area (Å²) in [6.45, 7) is 0. The number of nitrogens with one attached hydrogen (secondary N) is 2. The van der Waals surface area contributed by atoms with Gasteiger partial charge in [0.15, 0.2) is 0 Å². The van der Waals surface area contributed by atoms with Crippen LogP contribution < -0.4 is 10.8 Å². The predicted molar refractivity (Wildman–Crippen MR) is 79.7 cm³/mol. The molecule has 1 aromatic rings. The van der Waals surface area contributed by atoms with Crippen LogP contribution in [0.3, 0.4) is 0 Å². The second-order valence-electron chi connectivity index (χ2n) is 5.21. The Morgan fingerprint density at radius 3 is 2.57 bits per heavy atom. The third kappa shape index (κ3) is 4.43. The first-order valence-electron chi connectivity index (χ1n) is 7.23. The average molecular weight is 288 g/mol. The fourth-order valence-corrected chi connectivity index (χ4v) is 2.56. The third-order valence-corrected chi connectivity index (χ3v) is 3.67. The summed E-state index contributed by atoms with van der Waals surface area (Å²) in [5, 5.41) is 11.5. The molecule has 1 aromatic carbocycles. The maximum atomic E-state index is 12.4. The first kappa shape index (κ1) is 15.3. The Kier molecular flexibility index (Phi) is 5.51. The highest BCUT2D eigenvalue weighted by Crippen LogP contribution is 2.18. The summed E-state index contributed by atoms with van der Waals surface area (Å²) in [4.78, 5) is 23.4. The number of carbonyl (C=O) groups is 2. The minimum atomic E-state index is -0.627. The van der Waals surface area contributed by atoms with E-state index in [0.717, 1.165) is 25.7 Å². The Labute approximate surface area is 124 Å². The predicted octanol–water partition coefficient (Wildman–Crippen LogP) is 2.27. The topological polar surface area (TPSA) is 78.4 Å². The molecule has 0 heterocycles. The number of hydroxylamine groups is 1. The molecule has 0 spiro atoms. The highest BCUT2D eigenvalue weighted by atomic mass is 16.5. The van der Waals surface area contributed by atoms with Gasteiger partial charge in [0, 0.05) is 17.7 Å². The molecule has 112 valence electrons. The summed E-state index contributed by atoms with van der Waals surface area (Å²) in [5.74, 6) is -0.746. The van der Waals surface area contributed by atoms with Gasteiger partial charge in [-0.1, -0.05) is 37.5 Å². The molecule has 3 N–H and O–H groups in total. The Bertz CT molecular complexity index is 534. The lowest BCUT2D eigenvalue weighted by Gasteiger charge is -2.23. The van der Waals surface area contributed by atoms with Crippen LogP contribution in [0.1, 0.15) is 48.0 Å². The van der Waals surface area contributed by atoms with E-state index >= 15 is 0 Å². The van der Waals surface area contributed by atoms with Crippen LogP contribution in [0, 0.1) is 0 Å². The Morgan fingerprint density at radius 2 is 1.86 bits per heavy atom. The van der Waals surface area contributed by atoms with Crippen molar-refractivity contribution >= 4 is 17.9 Å². The van der Waals surface area contributed by atoms with Gasteiger partial charge in [-0.2, -0.15) is 0 Å². The van der Waals surface area contributed by atoms with E-state index in [2.05, 4.69) is 5.32 Å². The molecular weight excluding hydrogens is 268 g/mol. The smallest absolute Gasteiger partial charge is 0.267 e. The molecule has 0 unspecified atom stereocenters. The van der Waals surface area contributed by atoms with Gasteiger partial charge in [0.1, 0.15) is 0 Å². The van der Waals surface area contributed by atoms with Gasteiger partial charge >= 0.3 is 0 Å². The Hall–Kier alpha value is -2.14. The fourth-order valence-electron chi connectivity index (χ4n) is 2.56.